The second kappa shape index (κ2) is 10.6. The molecule has 5 heteroatoms. The molecule has 0 radical (unpaired) electrons. The van der Waals surface area contributed by atoms with Gasteiger partial charge in [-0.15, -0.1) is 11.3 Å². The van der Waals surface area contributed by atoms with Gasteiger partial charge >= 0.3 is 0 Å². The zero-order chi connectivity index (χ0) is 28.8. The average Bonchev–Trinajstić information content (AvgIpc) is 3.42. The number of thiophene rings is 1. The van der Waals surface area contributed by atoms with E-state index in [4.69, 9.17) is 9.84 Å². The van der Waals surface area contributed by atoms with Crippen LogP contribution in [0.3, 0.4) is 0 Å². The summed E-state index contributed by atoms with van der Waals surface area (Å²) >= 11 is 1.54. The Balaban J connectivity index is 1.70. The van der Waals surface area contributed by atoms with Crippen molar-refractivity contribution in [1.29, 1.82) is 0 Å². The van der Waals surface area contributed by atoms with Crippen molar-refractivity contribution in [2.75, 3.05) is 13.2 Å². The molecule has 40 heavy (non-hydrogen) atoms. The predicted molar refractivity (Wildman–Crippen MR) is 170 cm³/mol. The molecule has 0 atom stereocenters. The van der Waals surface area contributed by atoms with Crippen molar-refractivity contribution in [3.05, 3.63) is 76.7 Å². The third kappa shape index (κ3) is 5.25. The van der Waals surface area contributed by atoms with E-state index in [-0.39, 0.29) is 23.2 Å². The second-order valence-corrected chi connectivity index (χ2v) is 13.8. The number of aliphatic hydroxyl groups is 1. The summed E-state index contributed by atoms with van der Waals surface area (Å²) in [7, 11) is 0. The molecule has 2 N–H and O–H groups in total. The van der Waals surface area contributed by atoms with Crippen LogP contribution in [0.2, 0.25) is 0 Å². The molecule has 0 aliphatic rings. The maximum atomic E-state index is 11.8. The minimum Gasteiger partial charge on any atom is -0.504 e. The molecule has 210 valence electrons. The second-order valence-electron chi connectivity index (χ2n) is 12.9. The van der Waals surface area contributed by atoms with Crippen molar-refractivity contribution >= 4 is 33.1 Å². The van der Waals surface area contributed by atoms with Crippen molar-refractivity contribution in [2.24, 2.45) is 0 Å². The third-order valence-electron chi connectivity index (χ3n) is 7.67. The van der Waals surface area contributed by atoms with Gasteiger partial charge in [-0.1, -0.05) is 65.3 Å². The van der Waals surface area contributed by atoms with Crippen LogP contribution >= 0.6 is 11.3 Å². The minimum atomic E-state index is 0.0285. The van der Waals surface area contributed by atoms with Gasteiger partial charge in [-0.3, -0.25) is 0 Å². The Labute approximate surface area is 241 Å². The van der Waals surface area contributed by atoms with Gasteiger partial charge in [-0.25, -0.2) is 0 Å². The Hall–Kier alpha value is -3.28. The van der Waals surface area contributed by atoms with Gasteiger partial charge in [0.2, 0.25) is 0 Å². The van der Waals surface area contributed by atoms with Gasteiger partial charge in [0.15, 0.2) is 5.75 Å². The molecule has 2 heterocycles. The molecule has 0 saturated heterocycles. The molecule has 4 nitrogen and oxygen atoms in total. The van der Waals surface area contributed by atoms with Crippen LogP contribution in [0.5, 0.6) is 11.5 Å². The summed E-state index contributed by atoms with van der Waals surface area (Å²) in [6, 6.07) is 19.6. The number of hydrogen-bond acceptors (Lipinski definition) is 4. The summed E-state index contributed by atoms with van der Waals surface area (Å²) in [5.74, 6) is 1.01. The van der Waals surface area contributed by atoms with Gasteiger partial charge in [-0.2, -0.15) is 0 Å². The Morgan fingerprint density at radius 1 is 0.800 bits per heavy atom. The van der Waals surface area contributed by atoms with Crippen molar-refractivity contribution in [3.8, 4) is 27.6 Å². The highest BCUT2D eigenvalue weighted by atomic mass is 32.1. The van der Waals surface area contributed by atoms with Gasteiger partial charge in [0.05, 0.1) is 28.2 Å². The molecule has 5 rings (SSSR count). The van der Waals surface area contributed by atoms with E-state index in [1.807, 2.05) is 12.1 Å². The molecule has 0 aliphatic carbocycles. The molecule has 0 fully saturated rings. The fraction of sp³-hybridized carbons (Fsp3) is 0.371. The first-order chi connectivity index (χ1) is 18.9. The molecular formula is C35H41NO3S. The number of benzene rings is 3. The maximum absolute atomic E-state index is 11.8. The number of ether oxygens (including phenoxy) is 1. The fourth-order valence-electron chi connectivity index (χ4n) is 5.25. The largest absolute Gasteiger partial charge is 0.504 e. The first-order valence-electron chi connectivity index (χ1n) is 14.1. The molecule has 0 saturated carbocycles. The SMILES string of the molecule is Cc1ccc(OCCCCO)c(-c2scc(-n3c4ccc(C(C)(C)C)cc4c4cc(C(C)(C)C)ccc43)c2O)c1. The maximum Gasteiger partial charge on any atom is 0.158 e. The number of aryl methyl sites for hydroxylation is 1. The standard InChI is InChI=1S/C35H41NO3S/c1-22-10-15-31(39-17-9-8-16-37)27(18-22)33-32(38)30(21-40-33)36-28-13-11-23(34(2,3)4)19-25(28)26-20-24(35(5,6)7)12-14-29(26)36/h10-15,18-21,37-38H,8-9,16-17H2,1-7H3. The monoisotopic (exact) mass is 555 g/mol. The van der Waals surface area contributed by atoms with E-state index in [1.165, 1.54) is 33.2 Å². The Kier molecular flexibility index (Phi) is 7.49. The number of fused-ring (bicyclic) bond motifs is 3. The molecule has 2 aromatic heterocycles. The van der Waals surface area contributed by atoms with Crippen LogP contribution in [0.15, 0.2) is 60.0 Å². The molecule has 0 unspecified atom stereocenters. The van der Waals surface area contributed by atoms with Crippen LogP contribution in [-0.2, 0) is 10.8 Å². The summed E-state index contributed by atoms with van der Waals surface area (Å²) < 4.78 is 8.32. The highest BCUT2D eigenvalue weighted by Gasteiger charge is 2.24. The number of rotatable bonds is 7. The van der Waals surface area contributed by atoms with E-state index in [2.05, 4.69) is 101 Å². The molecular weight excluding hydrogens is 514 g/mol. The van der Waals surface area contributed by atoms with E-state index < -0.39 is 0 Å². The summed E-state index contributed by atoms with van der Waals surface area (Å²) in [6.07, 6.45) is 1.48. The predicted octanol–water partition coefficient (Wildman–Crippen LogP) is 9.27. The number of aromatic hydroxyl groups is 1. The van der Waals surface area contributed by atoms with Crippen LogP contribution < -0.4 is 4.74 Å². The lowest BCUT2D eigenvalue weighted by atomic mass is 9.85. The van der Waals surface area contributed by atoms with Crippen molar-refractivity contribution in [2.45, 2.75) is 72.1 Å². The average molecular weight is 556 g/mol. The van der Waals surface area contributed by atoms with E-state index >= 15 is 0 Å². The van der Waals surface area contributed by atoms with Crippen molar-refractivity contribution < 1.29 is 14.9 Å². The third-order valence-corrected chi connectivity index (χ3v) is 8.66. The zero-order valence-corrected chi connectivity index (χ0v) is 25.6. The van der Waals surface area contributed by atoms with Gasteiger partial charge < -0.3 is 19.5 Å². The zero-order valence-electron chi connectivity index (χ0n) is 24.8. The number of hydrogen-bond donors (Lipinski definition) is 2. The smallest absolute Gasteiger partial charge is 0.158 e. The quantitative estimate of drug-likeness (QED) is 0.197. The van der Waals surface area contributed by atoms with Gasteiger partial charge in [0.25, 0.3) is 0 Å². The van der Waals surface area contributed by atoms with Crippen LogP contribution in [0.1, 0.15) is 71.1 Å². The van der Waals surface area contributed by atoms with Crippen LogP contribution in [0, 0.1) is 6.92 Å². The highest BCUT2D eigenvalue weighted by molar-refractivity contribution is 7.14. The van der Waals surface area contributed by atoms with Crippen LogP contribution in [-0.4, -0.2) is 28.0 Å². The highest BCUT2D eigenvalue weighted by Crippen LogP contribution is 2.47. The Morgan fingerprint density at radius 2 is 1.40 bits per heavy atom. The molecule has 0 spiro atoms. The number of unbranched alkanes of at least 4 members (excludes halogenated alkanes) is 1. The van der Waals surface area contributed by atoms with E-state index in [0.29, 0.717) is 13.0 Å². The van der Waals surface area contributed by atoms with E-state index in [9.17, 15) is 5.11 Å². The molecule has 0 aliphatic heterocycles. The lowest BCUT2D eigenvalue weighted by Gasteiger charge is -2.19. The minimum absolute atomic E-state index is 0.0285. The lowest BCUT2D eigenvalue weighted by Crippen LogP contribution is -2.10. The molecule has 0 bridgehead atoms. The first kappa shape index (κ1) is 28.3. The number of aliphatic hydroxyl groups excluding tert-OH is 1. The normalized spacial score (nSPS) is 12.5. The number of nitrogens with zero attached hydrogens (tertiary/aromatic N) is 1. The first-order valence-corrected chi connectivity index (χ1v) is 15.0. The molecule has 3 aromatic carbocycles. The van der Waals surface area contributed by atoms with Crippen LogP contribution in [0.25, 0.3) is 37.9 Å². The Morgan fingerprint density at radius 3 is 1.95 bits per heavy atom. The van der Waals surface area contributed by atoms with Crippen LogP contribution in [0.4, 0.5) is 0 Å². The van der Waals surface area contributed by atoms with Crippen molar-refractivity contribution in [3.63, 3.8) is 0 Å². The molecule has 5 aromatic rings. The topological polar surface area (TPSA) is 54.6 Å². The van der Waals surface area contributed by atoms with Gasteiger partial charge in [-0.05, 0) is 78.1 Å². The lowest BCUT2D eigenvalue weighted by molar-refractivity contribution is 0.253. The summed E-state index contributed by atoms with van der Waals surface area (Å²) in [5, 5.41) is 25.3. The van der Waals surface area contributed by atoms with Crippen molar-refractivity contribution in [1.82, 2.24) is 4.57 Å². The fourth-order valence-corrected chi connectivity index (χ4v) is 6.20. The van der Waals surface area contributed by atoms with E-state index in [0.717, 1.165) is 44.9 Å². The Bertz CT molecular complexity index is 1610. The summed E-state index contributed by atoms with van der Waals surface area (Å²) in [6.45, 7) is 16.2. The van der Waals surface area contributed by atoms with Gasteiger partial charge in [0.1, 0.15) is 5.75 Å². The van der Waals surface area contributed by atoms with Gasteiger partial charge in [0, 0.05) is 28.3 Å². The number of aromatic nitrogens is 1. The summed E-state index contributed by atoms with van der Waals surface area (Å²) in [4.78, 5) is 0.795. The molecule has 0 amide bonds. The van der Waals surface area contributed by atoms with E-state index in [1.54, 1.807) is 0 Å². The summed E-state index contributed by atoms with van der Waals surface area (Å²) in [5.41, 5.74) is 7.58.